The summed E-state index contributed by atoms with van der Waals surface area (Å²) in [7, 11) is 5.01. The SMILES string of the molecule is COc1ccc2[nH]cc(Cn3nc4c(c3-c3nccn3C)c(=O)n(C)c(=O)n4CC(C)C)c2c1. The minimum absolute atomic E-state index is 0.196. The van der Waals surface area contributed by atoms with Gasteiger partial charge in [0.15, 0.2) is 11.5 Å². The van der Waals surface area contributed by atoms with Crippen LogP contribution in [0.2, 0.25) is 0 Å². The van der Waals surface area contributed by atoms with Crippen molar-refractivity contribution in [1.82, 2.24) is 33.4 Å². The third kappa shape index (κ3) is 3.33. The van der Waals surface area contributed by atoms with Crippen molar-refractivity contribution in [3.8, 4) is 17.3 Å². The van der Waals surface area contributed by atoms with Gasteiger partial charge in [-0.2, -0.15) is 5.10 Å². The maximum atomic E-state index is 13.4. The van der Waals surface area contributed by atoms with Crippen LogP contribution in [-0.2, 0) is 27.2 Å². The van der Waals surface area contributed by atoms with E-state index in [2.05, 4.69) is 9.97 Å². The zero-order valence-electron chi connectivity index (χ0n) is 19.9. The first kappa shape index (κ1) is 21.7. The van der Waals surface area contributed by atoms with Crippen LogP contribution >= 0.6 is 0 Å². The highest BCUT2D eigenvalue weighted by molar-refractivity contribution is 5.89. The van der Waals surface area contributed by atoms with Crippen molar-refractivity contribution in [2.75, 3.05) is 7.11 Å². The molecular weight excluding hydrogens is 434 g/mol. The lowest BCUT2D eigenvalue weighted by Gasteiger charge is -2.11. The van der Waals surface area contributed by atoms with Crippen molar-refractivity contribution >= 4 is 21.9 Å². The monoisotopic (exact) mass is 461 g/mol. The summed E-state index contributed by atoms with van der Waals surface area (Å²) in [6.07, 6.45) is 5.44. The van der Waals surface area contributed by atoms with Crippen molar-refractivity contribution in [1.29, 1.82) is 0 Å². The van der Waals surface area contributed by atoms with Crippen LogP contribution < -0.4 is 16.0 Å². The molecule has 176 valence electrons. The molecule has 0 unspecified atom stereocenters. The Bertz CT molecular complexity index is 1650. The Kier molecular flexibility index (Phi) is 5.15. The van der Waals surface area contributed by atoms with Crippen molar-refractivity contribution in [3.63, 3.8) is 0 Å². The molecule has 0 saturated heterocycles. The number of aromatic nitrogens is 7. The number of nitrogens with one attached hydrogen (secondary N) is 1. The summed E-state index contributed by atoms with van der Waals surface area (Å²) >= 11 is 0. The van der Waals surface area contributed by atoms with Gasteiger partial charge in [-0.15, -0.1) is 0 Å². The fraction of sp³-hybridized carbons (Fsp3) is 0.333. The molecule has 5 aromatic rings. The Labute approximate surface area is 195 Å². The average Bonchev–Trinajstić information content (AvgIpc) is 3.52. The van der Waals surface area contributed by atoms with Crippen LogP contribution in [0, 0.1) is 5.92 Å². The van der Waals surface area contributed by atoms with Crippen LogP contribution in [0.15, 0.2) is 46.4 Å². The third-order valence-corrected chi connectivity index (χ3v) is 6.10. The van der Waals surface area contributed by atoms with Crippen molar-refractivity contribution in [2.24, 2.45) is 20.0 Å². The predicted molar refractivity (Wildman–Crippen MR) is 130 cm³/mol. The maximum Gasteiger partial charge on any atom is 0.332 e. The summed E-state index contributed by atoms with van der Waals surface area (Å²) in [6.45, 7) is 4.88. The lowest BCUT2D eigenvalue weighted by molar-refractivity contribution is 0.415. The molecule has 0 aliphatic carbocycles. The molecule has 4 heterocycles. The summed E-state index contributed by atoms with van der Waals surface area (Å²) < 4.78 is 11.8. The molecule has 10 heteroatoms. The van der Waals surface area contributed by atoms with E-state index >= 15 is 0 Å². The van der Waals surface area contributed by atoms with Crippen LogP contribution in [0.5, 0.6) is 5.75 Å². The quantitative estimate of drug-likeness (QED) is 0.418. The molecule has 0 atom stereocenters. The van der Waals surface area contributed by atoms with Gasteiger partial charge in [-0.1, -0.05) is 13.8 Å². The Morgan fingerprint density at radius 3 is 2.65 bits per heavy atom. The van der Waals surface area contributed by atoms with E-state index in [4.69, 9.17) is 9.84 Å². The van der Waals surface area contributed by atoms with Gasteiger partial charge in [-0.05, 0) is 29.7 Å². The minimum atomic E-state index is -0.384. The number of aryl methyl sites for hydroxylation is 1. The van der Waals surface area contributed by atoms with E-state index < -0.39 is 0 Å². The summed E-state index contributed by atoms with van der Waals surface area (Å²) in [4.78, 5) is 34.2. The lowest BCUT2D eigenvalue weighted by atomic mass is 10.1. The summed E-state index contributed by atoms with van der Waals surface area (Å²) in [5.41, 5.74) is 2.14. The van der Waals surface area contributed by atoms with Gasteiger partial charge in [0.25, 0.3) is 5.56 Å². The number of aromatic amines is 1. The molecular formula is C24H27N7O3. The van der Waals surface area contributed by atoms with Gasteiger partial charge in [-0.3, -0.25) is 18.6 Å². The van der Waals surface area contributed by atoms with Crippen LogP contribution in [0.3, 0.4) is 0 Å². The molecule has 5 rings (SSSR count). The van der Waals surface area contributed by atoms with E-state index in [0.717, 1.165) is 26.8 Å². The highest BCUT2D eigenvalue weighted by atomic mass is 16.5. The Morgan fingerprint density at radius 2 is 1.97 bits per heavy atom. The van der Waals surface area contributed by atoms with E-state index in [1.807, 2.05) is 56.1 Å². The van der Waals surface area contributed by atoms with Gasteiger partial charge in [0.05, 0.1) is 13.7 Å². The molecule has 0 fully saturated rings. The van der Waals surface area contributed by atoms with Gasteiger partial charge < -0.3 is 14.3 Å². The van der Waals surface area contributed by atoms with Crippen LogP contribution in [-0.4, -0.2) is 40.6 Å². The molecule has 34 heavy (non-hydrogen) atoms. The zero-order chi connectivity index (χ0) is 24.1. The molecule has 1 aromatic carbocycles. The fourth-order valence-electron chi connectivity index (χ4n) is 4.40. The van der Waals surface area contributed by atoms with E-state index in [1.165, 1.54) is 7.05 Å². The molecule has 0 aliphatic rings. The van der Waals surface area contributed by atoms with Gasteiger partial charge >= 0.3 is 5.69 Å². The number of benzene rings is 1. The van der Waals surface area contributed by atoms with Crippen LogP contribution in [0.25, 0.3) is 33.5 Å². The van der Waals surface area contributed by atoms with Crippen LogP contribution in [0.4, 0.5) is 0 Å². The zero-order valence-corrected chi connectivity index (χ0v) is 19.9. The first-order valence-electron chi connectivity index (χ1n) is 11.1. The number of hydrogen-bond donors (Lipinski definition) is 1. The standard InChI is InChI=1S/C24H27N7O3/c1-14(2)12-30-21-19(23(32)29(4)24(30)33)20(22-25-8-9-28(22)3)31(27-21)13-15-11-26-18-7-6-16(34-5)10-17(15)18/h6-11,14,26H,12-13H2,1-5H3. The molecule has 0 bridgehead atoms. The van der Waals surface area contributed by atoms with Crippen LogP contribution in [0.1, 0.15) is 19.4 Å². The van der Waals surface area contributed by atoms with Crippen molar-refractivity contribution in [2.45, 2.75) is 26.9 Å². The Morgan fingerprint density at radius 1 is 1.18 bits per heavy atom. The molecule has 0 radical (unpaired) electrons. The molecule has 4 aromatic heterocycles. The van der Waals surface area contributed by atoms with Crippen molar-refractivity contribution < 1.29 is 4.74 Å². The van der Waals surface area contributed by atoms with E-state index in [1.54, 1.807) is 22.6 Å². The largest absolute Gasteiger partial charge is 0.497 e. The molecule has 10 nitrogen and oxygen atoms in total. The van der Waals surface area contributed by atoms with E-state index in [9.17, 15) is 9.59 Å². The molecule has 0 amide bonds. The Hall–Kier alpha value is -4.08. The number of nitrogens with zero attached hydrogens (tertiary/aromatic N) is 6. The topological polar surface area (TPSA) is 105 Å². The number of fused-ring (bicyclic) bond motifs is 2. The first-order chi connectivity index (χ1) is 16.3. The summed E-state index contributed by atoms with van der Waals surface area (Å²) in [5.74, 6) is 1.55. The Balaban J connectivity index is 1.82. The second kappa shape index (κ2) is 8.05. The molecule has 0 spiro atoms. The van der Waals surface area contributed by atoms with E-state index in [-0.39, 0.29) is 17.2 Å². The molecule has 0 aliphatic heterocycles. The maximum absolute atomic E-state index is 13.4. The number of hydrogen-bond acceptors (Lipinski definition) is 5. The number of H-pyrrole nitrogens is 1. The number of rotatable bonds is 6. The normalized spacial score (nSPS) is 11.8. The van der Waals surface area contributed by atoms with E-state index in [0.29, 0.717) is 35.6 Å². The fourth-order valence-corrected chi connectivity index (χ4v) is 4.40. The molecule has 0 saturated carbocycles. The minimum Gasteiger partial charge on any atom is -0.497 e. The summed E-state index contributed by atoms with van der Waals surface area (Å²) in [6, 6.07) is 5.84. The highest BCUT2D eigenvalue weighted by Crippen LogP contribution is 2.29. The van der Waals surface area contributed by atoms with Gasteiger partial charge in [-0.25, -0.2) is 9.78 Å². The second-order valence-corrected chi connectivity index (χ2v) is 8.94. The highest BCUT2D eigenvalue weighted by Gasteiger charge is 2.25. The number of ether oxygens (including phenoxy) is 1. The predicted octanol–water partition coefficient (Wildman–Crippen LogP) is 2.49. The third-order valence-electron chi connectivity index (χ3n) is 6.10. The smallest absolute Gasteiger partial charge is 0.332 e. The molecule has 1 N–H and O–H groups in total. The summed E-state index contributed by atoms with van der Waals surface area (Å²) in [5, 5.41) is 6.20. The van der Waals surface area contributed by atoms with Gasteiger partial charge in [0, 0.05) is 50.1 Å². The van der Waals surface area contributed by atoms with Gasteiger partial charge in [0.2, 0.25) is 0 Å². The second-order valence-electron chi connectivity index (χ2n) is 8.94. The number of methoxy groups -OCH3 is 1. The lowest BCUT2D eigenvalue weighted by Crippen LogP contribution is -2.38. The first-order valence-corrected chi connectivity index (χ1v) is 11.1. The number of imidazole rings is 1. The van der Waals surface area contributed by atoms with Crippen molar-refractivity contribution in [3.05, 3.63) is 63.2 Å². The average molecular weight is 462 g/mol. The van der Waals surface area contributed by atoms with Gasteiger partial charge in [0.1, 0.15) is 16.8 Å².